The highest BCUT2D eigenvalue weighted by Gasteiger charge is 2.23. The predicted molar refractivity (Wildman–Crippen MR) is 190 cm³/mol. The minimum Gasteiger partial charge on any atom is -0.394 e. The van der Waals surface area contributed by atoms with Crippen LogP contribution in [0.1, 0.15) is 206 Å². The Hall–Kier alpha value is -0.910. The number of unbranched alkanes of at least 4 members (excludes halogenated alkanes) is 25. The second-order valence-corrected chi connectivity index (χ2v) is 13.5. The molecule has 0 aliphatic carbocycles. The number of nitrogens with one attached hydrogen (secondary N) is 1. The van der Waals surface area contributed by atoms with Crippen molar-refractivity contribution >= 4 is 5.91 Å². The van der Waals surface area contributed by atoms with E-state index in [4.69, 9.17) is 0 Å². The van der Waals surface area contributed by atoms with Crippen LogP contribution in [0.2, 0.25) is 0 Å². The molecule has 3 atom stereocenters. The molecule has 5 heteroatoms. The first-order chi connectivity index (χ1) is 21.6. The number of amides is 1. The molecule has 0 aromatic rings. The van der Waals surface area contributed by atoms with E-state index in [-0.39, 0.29) is 6.61 Å². The Labute approximate surface area is 274 Å². The molecule has 0 aromatic carbocycles. The maximum atomic E-state index is 12.4. The van der Waals surface area contributed by atoms with Crippen LogP contribution in [0.15, 0.2) is 12.2 Å². The highest BCUT2D eigenvalue weighted by molar-refractivity contribution is 5.80. The number of aliphatic hydroxyl groups excluding tert-OH is 3. The first kappa shape index (κ1) is 43.1. The van der Waals surface area contributed by atoms with Crippen LogP contribution in [0.3, 0.4) is 0 Å². The van der Waals surface area contributed by atoms with E-state index in [0.717, 1.165) is 32.1 Å². The molecule has 0 aliphatic rings. The second kappa shape index (κ2) is 35.0. The summed E-state index contributed by atoms with van der Waals surface area (Å²) in [7, 11) is 0. The maximum Gasteiger partial charge on any atom is 0.249 e. The van der Waals surface area contributed by atoms with Gasteiger partial charge in [0.15, 0.2) is 0 Å². The van der Waals surface area contributed by atoms with Crippen LogP contribution in [0.4, 0.5) is 0 Å². The smallest absolute Gasteiger partial charge is 0.249 e. The highest BCUT2D eigenvalue weighted by Crippen LogP contribution is 2.15. The average molecular weight is 624 g/mol. The van der Waals surface area contributed by atoms with Crippen molar-refractivity contribution in [3.8, 4) is 0 Å². The van der Waals surface area contributed by atoms with E-state index in [1.54, 1.807) is 0 Å². The molecule has 0 aromatic heterocycles. The molecule has 0 rings (SSSR count). The summed E-state index contributed by atoms with van der Waals surface area (Å²) in [5, 5.41) is 33.1. The number of allylic oxidation sites excluding steroid dienone is 2. The zero-order chi connectivity index (χ0) is 32.4. The predicted octanol–water partition coefficient (Wildman–Crippen LogP) is 10.5. The monoisotopic (exact) mass is 624 g/mol. The maximum absolute atomic E-state index is 12.4. The first-order valence-electron chi connectivity index (χ1n) is 19.5. The zero-order valence-electron chi connectivity index (χ0n) is 29.6. The third-order valence-electron chi connectivity index (χ3n) is 9.13. The van der Waals surface area contributed by atoms with E-state index in [0.29, 0.717) is 12.8 Å². The van der Waals surface area contributed by atoms with Crippen LogP contribution in [0.25, 0.3) is 0 Å². The molecule has 262 valence electrons. The Bertz CT molecular complexity index is 611. The van der Waals surface area contributed by atoms with Crippen molar-refractivity contribution in [1.82, 2.24) is 5.32 Å². The molecule has 0 saturated carbocycles. The average Bonchev–Trinajstić information content (AvgIpc) is 3.03. The van der Waals surface area contributed by atoms with Gasteiger partial charge >= 0.3 is 0 Å². The van der Waals surface area contributed by atoms with E-state index >= 15 is 0 Å². The first-order valence-corrected chi connectivity index (χ1v) is 19.5. The standard InChI is InChI=1S/C39H77NO4/c1-3-5-7-9-11-13-15-17-18-19-20-21-22-24-26-28-30-32-34-38(43)39(44)40-36(35-41)37(42)33-31-29-27-25-23-16-14-12-10-8-6-4-2/h19-20,36-38,41-43H,3-18,21-35H2,1-2H3,(H,40,44)/b20-19-. The lowest BCUT2D eigenvalue weighted by molar-refractivity contribution is -0.131. The molecule has 0 saturated heterocycles. The minimum atomic E-state index is -1.07. The molecule has 44 heavy (non-hydrogen) atoms. The summed E-state index contributed by atoms with van der Waals surface area (Å²) >= 11 is 0. The van der Waals surface area contributed by atoms with E-state index < -0.39 is 24.2 Å². The quantitative estimate of drug-likeness (QED) is 0.0418. The summed E-state index contributed by atoms with van der Waals surface area (Å²) in [5.74, 6) is -0.475. The van der Waals surface area contributed by atoms with Crippen LogP contribution < -0.4 is 5.32 Å². The fourth-order valence-electron chi connectivity index (χ4n) is 6.01. The SMILES string of the molecule is CCCCCCCCCC/C=C\CCCCCCCCC(O)C(=O)NC(CO)C(O)CCCCCCCCCCCCCC. The van der Waals surface area contributed by atoms with Gasteiger partial charge in [-0.2, -0.15) is 0 Å². The van der Waals surface area contributed by atoms with Crippen molar-refractivity contribution in [3.63, 3.8) is 0 Å². The molecule has 1 amide bonds. The van der Waals surface area contributed by atoms with Crippen molar-refractivity contribution in [2.24, 2.45) is 0 Å². The fourth-order valence-corrected chi connectivity index (χ4v) is 6.01. The summed E-state index contributed by atoms with van der Waals surface area (Å²) in [6.07, 6.45) is 39.1. The molecular weight excluding hydrogens is 546 g/mol. The van der Waals surface area contributed by atoms with Gasteiger partial charge < -0.3 is 20.6 Å². The number of aliphatic hydroxyl groups is 3. The largest absolute Gasteiger partial charge is 0.394 e. The third-order valence-corrected chi connectivity index (χ3v) is 9.13. The summed E-state index contributed by atoms with van der Waals surface area (Å²) in [4.78, 5) is 12.4. The second-order valence-electron chi connectivity index (χ2n) is 13.5. The highest BCUT2D eigenvalue weighted by atomic mass is 16.3. The summed E-state index contributed by atoms with van der Waals surface area (Å²) in [6, 6.07) is -0.709. The van der Waals surface area contributed by atoms with Gasteiger partial charge in [-0.25, -0.2) is 0 Å². The fraction of sp³-hybridized carbons (Fsp3) is 0.923. The molecule has 3 unspecified atom stereocenters. The van der Waals surface area contributed by atoms with Crippen LogP contribution in [0.5, 0.6) is 0 Å². The van der Waals surface area contributed by atoms with Crippen LogP contribution >= 0.6 is 0 Å². The molecule has 0 spiro atoms. The Kier molecular flexibility index (Phi) is 34.2. The number of hydrogen-bond acceptors (Lipinski definition) is 4. The molecule has 0 radical (unpaired) electrons. The van der Waals surface area contributed by atoms with Gasteiger partial charge in [-0.3, -0.25) is 4.79 Å². The van der Waals surface area contributed by atoms with Crippen molar-refractivity contribution in [2.75, 3.05) is 6.61 Å². The van der Waals surface area contributed by atoms with E-state index in [1.807, 2.05) is 0 Å². The summed E-state index contributed by atoms with van der Waals surface area (Å²) < 4.78 is 0. The van der Waals surface area contributed by atoms with Crippen molar-refractivity contribution in [2.45, 2.75) is 225 Å². The number of hydrogen-bond donors (Lipinski definition) is 4. The topological polar surface area (TPSA) is 89.8 Å². The van der Waals surface area contributed by atoms with Gasteiger partial charge in [0, 0.05) is 0 Å². The number of carbonyl (C=O) groups is 1. The summed E-state index contributed by atoms with van der Waals surface area (Å²) in [6.45, 7) is 4.21. The molecular formula is C39H77NO4. The lowest BCUT2D eigenvalue weighted by atomic mass is 10.0. The lowest BCUT2D eigenvalue weighted by Crippen LogP contribution is -2.49. The Morgan fingerprint density at radius 2 is 0.864 bits per heavy atom. The zero-order valence-corrected chi connectivity index (χ0v) is 29.6. The number of carbonyl (C=O) groups excluding carboxylic acids is 1. The van der Waals surface area contributed by atoms with Crippen molar-refractivity contribution in [1.29, 1.82) is 0 Å². The van der Waals surface area contributed by atoms with E-state index in [9.17, 15) is 20.1 Å². The summed E-state index contributed by atoms with van der Waals surface area (Å²) in [5.41, 5.74) is 0. The van der Waals surface area contributed by atoms with Gasteiger partial charge in [0.05, 0.1) is 18.8 Å². The van der Waals surface area contributed by atoms with Gasteiger partial charge in [0.1, 0.15) is 6.10 Å². The third kappa shape index (κ3) is 29.8. The Balaban J connectivity index is 3.66. The van der Waals surface area contributed by atoms with Gasteiger partial charge in [-0.1, -0.05) is 180 Å². The van der Waals surface area contributed by atoms with Crippen molar-refractivity contribution < 1.29 is 20.1 Å². The Morgan fingerprint density at radius 3 is 1.25 bits per heavy atom. The van der Waals surface area contributed by atoms with Crippen LogP contribution in [-0.4, -0.2) is 46.1 Å². The van der Waals surface area contributed by atoms with Crippen molar-refractivity contribution in [3.05, 3.63) is 12.2 Å². The van der Waals surface area contributed by atoms with Gasteiger partial charge in [0.25, 0.3) is 0 Å². The minimum absolute atomic E-state index is 0.313. The Morgan fingerprint density at radius 1 is 0.523 bits per heavy atom. The van der Waals surface area contributed by atoms with Crippen LogP contribution in [0, 0.1) is 0 Å². The van der Waals surface area contributed by atoms with E-state index in [1.165, 1.54) is 148 Å². The molecule has 0 fully saturated rings. The lowest BCUT2D eigenvalue weighted by Gasteiger charge is -2.23. The molecule has 0 aliphatic heterocycles. The van der Waals surface area contributed by atoms with Gasteiger partial charge in [-0.05, 0) is 38.5 Å². The molecule has 0 bridgehead atoms. The van der Waals surface area contributed by atoms with Crippen LogP contribution in [-0.2, 0) is 4.79 Å². The molecule has 5 nitrogen and oxygen atoms in total. The van der Waals surface area contributed by atoms with E-state index in [2.05, 4.69) is 31.3 Å². The normalized spacial score (nSPS) is 13.8. The van der Waals surface area contributed by atoms with Gasteiger partial charge in [0.2, 0.25) is 5.91 Å². The molecule has 0 heterocycles. The number of rotatable bonds is 35. The molecule has 4 N–H and O–H groups in total. The van der Waals surface area contributed by atoms with Gasteiger partial charge in [-0.15, -0.1) is 0 Å².